The predicted octanol–water partition coefficient (Wildman–Crippen LogP) is 2.51. The summed E-state index contributed by atoms with van der Waals surface area (Å²) < 4.78 is 3.33. The van der Waals surface area contributed by atoms with E-state index < -0.39 is 0 Å². The molecule has 0 unspecified atom stereocenters. The molecule has 0 fully saturated rings. The highest BCUT2D eigenvalue weighted by molar-refractivity contribution is 7.10. The fourth-order valence-electron chi connectivity index (χ4n) is 1.70. The molecule has 3 rings (SSSR count). The minimum absolute atomic E-state index is 0.714. The minimum atomic E-state index is 0.714. The van der Waals surface area contributed by atoms with Gasteiger partial charge in [-0.3, -0.25) is 0 Å². The van der Waals surface area contributed by atoms with E-state index in [0.717, 1.165) is 10.9 Å². The third-order valence-corrected chi connectivity index (χ3v) is 3.47. The van der Waals surface area contributed by atoms with Gasteiger partial charge < -0.3 is 0 Å². The van der Waals surface area contributed by atoms with E-state index in [1.165, 1.54) is 4.70 Å². The number of nitrogens with zero attached hydrogens (tertiary/aromatic N) is 2. The molecule has 0 spiro atoms. The lowest BCUT2D eigenvalue weighted by Gasteiger charge is -1.86. The molecule has 1 aromatic carbocycles. The summed E-state index contributed by atoms with van der Waals surface area (Å²) >= 11 is 1.69. The van der Waals surface area contributed by atoms with Gasteiger partial charge in [0, 0.05) is 12.1 Å². The van der Waals surface area contributed by atoms with E-state index in [9.17, 15) is 0 Å². The Morgan fingerprint density at radius 2 is 2.13 bits per heavy atom. The van der Waals surface area contributed by atoms with Gasteiger partial charge in [-0.1, -0.05) is 0 Å². The molecular formula is C12H7N2S+. The van der Waals surface area contributed by atoms with E-state index in [-0.39, 0.29) is 0 Å². The van der Waals surface area contributed by atoms with Crippen LogP contribution < -0.4 is 3.79 Å². The van der Waals surface area contributed by atoms with Crippen molar-refractivity contribution >= 4 is 27.1 Å². The average molecular weight is 211 g/mol. The van der Waals surface area contributed by atoms with Crippen LogP contribution in [0.3, 0.4) is 0 Å². The second kappa shape index (κ2) is 3.04. The Kier molecular flexibility index (Phi) is 1.70. The van der Waals surface area contributed by atoms with Crippen LogP contribution >= 0.6 is 11.5 Å². The van der Waals surface area contributed by atoms with Crippen LogP contribution in [0.5, 0.6) is 0 Å². The highest BCUT2D eigenvalue weighted by atomic mass is 32.1. The van der Waals surface area contributed by atoms with E-state index in [1.54, 1.807) is 11.5 Å². The van der Waals surface area contributed by atoms with Crippen LogP contribution in [0.4, 0.5) is 0 Å². The number of hydrogen-bond acceptors (Lipinski definition) is 2. The van der Waals surface area contributed by atoms with E-state index in [2.05, 4.69) is 15.9 Å². The van der Waals surface area contributed by atoms with E-state index >= 15 is 0 Å². The van der Waals surface area contributed by atoms with Gasteiger partial charge in [0.25, 0.3) is 0 Å². The monoisotopic (exact) mass is 211 g/mol. The predicted molar refractivity (Wildman–Crippen MR) is 59.7 cm³/mol. The highest BCUT2D eigenvalue weighted by Gasteiger charge is 2.12. The third-order valence-electron chi connectivity index (χ3n) is 2.41. The van der Waals surface area contributed by atoms with Gasteiger partial charge >= 0.3 is 0 Å². The molecule has 0 saturated heterocycles. The lowest BCUT2D eigenvalue weighted by molar-refractivity contribution is -0.430. The Balaban J connectivity index is 2.53. The van der Waals surface area contributed by atoms with Crippen molar-refractivity contribution in [1.29, 1.82) is 5.26 Å². The van der Waals surface area contributed by atoms with Crippen LogP contribution in [0.15, 0.2) is 42.6 Å². The Morgan fingerprint density at radius 1 is 1.20 bits per heavy atom. The maximum absolute atomic E-state index is 8.85. The molecule has 0 aliphatic heterocycles. The molecule has 70 valence electrons. The third kappa shape index (κ3) is 1.19. The van der Waals surface area contributed by atoms with E-state index in [0.29, 0.717) is 5.56 Å². The summed E-state index contributed by atoms with van der Waals surface area (Å²) in [5, 5.41) is 10.0. The molecule has 2 aromatic heterocycles. The Morgan fingerprint density at radius 3 is 3.00 bits per heavy atom. The summed E-state index contributed by atoms with van der Waals surface area (Å²) in [7, 11) is 0. The van der Waals surface area contributed by atoms with Gasteiger partial charge in [0.2, 0.25) is 5.52 Å². The lowest BCUT2D eigenvalue weighted by atomic mass is 10.1. The second-order valence-corrected chi connectivity index (χ2v) is 4.34. The first-order chi connectivity index (χ1) is 7.38. The van der Waals surface area contributed by atoms with Crippen molar-refractivity contribution < 1.29 is 3.79 Å². The van der Waals surface area contributed by atoms with Crippen molar-refractivity contribution in [3.63, 3.8) is 0 Å². The number of aromatic nitrogens is 1. The molecule has 0 radical (unpaired) electrons. The highest BCUT2D eigenvalue weighted by Crippen LogP contribution is 2.22. The maximum atomic E-state index is 8.85. The fraction of sp³-hybridized carbons (Fsp3) is 0. The maximum Gasteiger partial charge on any atom is 0.233 e. The number of pyridine rings is 1. The van der Waals surface area contributed by atoms with Crippen molar-refractivity contribution in [1.82, 2.24) is 0 Å². The van der Waals surface area contributed by atoms with Crippen molar-refractivity contribution in [2.75, 3.05) is 0 Å². The van der Waals surface area contributed by atoms with Gasteiger partial charge in [-0.05, 0) is 24.3 Å². The number of benzene rings is 1. The molecule has 0 saturated carbocycles. The second-order valence-electron chi connectivity index (χ2n) is 3.33. The Hall–Kier alpha value is -1.92. The van der Waals surface area contributed by atoms with Crippen molar-refractivity contribution in [2.45, 2.75) is 0 Å². The summed E-state index contributed by atoms with van der Waals surface area (Å²) in [5.74, 6) is 0. The Labute approximate surface area is 90.8 Å². The number of rotatable bonds is 0. The van der Waals surface area contributed by atoms with Gasteiger partial charge in [-0.2, -0.15) is 5.26 Å². The van der Waals surface area contributed by atoms with Crippen LogP contribution in [-0.4, -0.2) is 0 Å². The van der Waals surface area contributed by atoms with Crippen LogP contribution in [0.1, 0.15) is 5.56 Å². The number of nitriles is 1. The molecule has 0 bridgehead atoms. The lowest BCUT2D eigenvalue weighted by Crippen LogP contribution is -2.12. The first kappa shape index (κ1) is 8.39. The van der Waals surface area contributed by atoms with Crippen LogP contribution in [-0.2, 0) is 0 Å². The molecule has 3 heteroatoms. The van der Waals surface area contributed by atoms with Gasteiger partial charge in [-0.15, -0.1) is 3.79 Å². The van der Waals surface area contributed by atoms with Gasteiger partial charge in [0.05, 0.1) is 17.0 Å². The standard InChI is InChI=1S/C12H7N2S/c13-8-9-4-5-12-10(7-9)11-3-1-2-6-14(11)15-12/h1-7H/q+1. The molecule has 0 atom stereocenters. The van der Waals surface area contributed by atoms with Gasteiger partial charge in [0.1, 0.15) is 16.2 Å². The number of hydrogen-bond donors (Lipinski definition) is 0. The number of fused-ring (bicyclic) bond motifs is 3. The molecule has 0 amide bonds. The molecular weight excluding hydrogens is 204 g/mol. The first-order valence-electron chi connectivity index (χ1n) is 4.62. The van der Waals surface area contributed by atoms with Crippen LogP contribution in [0, 0.1) is 11.3 Å². The van der Waals surface area contributed by atoms with Crippen LogP contribution in [0.25, 0.3) is 15.6 Å². The summed E-state index contributed by atoms with van der Waals surface area (Å²) in [6, 6.07) is 14.1. The van der Waals surface area contributed by atoms with Crippen molar-refractivity contribution in [3.05, 3.63) is 48.2 Å². The van der Waals surface area contributed by atoms with Crippen molar-refractivity contribution in [2.24, 2.45) is 0 Å². The first-order valence-corrected chi connectivity index (χ1v) is 5.39. The summed E-state index contributed by atoms with van der Waals surface area (Å²) in [4.78, 5) is 0. The summed E-state index contributed by atoms with van der Waals surface area (Å²) in [6.45, 7) is 0. The molecule has 3 aromatic rings. The van der Waals surface area contributed by atoms with E-state index in [1.807, 2.05) is 36.5 Å². The zero-order chi connectivity index (χ0) is 10.3. The SMILES string of the molecule is N#Cc1ccc2s[n+]3ccccc3c2c1. The quantitative estimate of drug-likeness (QED) is 0.525. The van der Waals surface area contributed by atoms with Crippen LogP contribution in [0.2, 0.25) is 0 Å². The fourth-order valence-corrected chi connectivity index (χ4v) is 2.69. The molecule has 0 aliphatic carbocycles. The average Bonchev–Trinajstić information content (AvgIpc) is 2.66. The van der Waals surface area contributed by atoms with Gasteiger partial charge in [0.15, 0.2) is 6.20 Å². The smallest absolute Gasteiger partial charge is 0.192 e. The summed E-state index contributed by atoms with van der Waals surface area (Å²) in [6.07, 6.45) is 2.03. The van der Waals surface area contributed by atoms with Crippen molar-refractivity contribution in [3.8, 4) is 6.07 Å². The largest absolute Gasteiger partial charge is 0.233 e. The topological polar surface area (TPSA) is 27.9 Å². The molecule has 2 heterocycles. The molecule has 2 nitrogen and oxygen atoms in total. The zero-order valence-electron chi connectivity index (χ0n) is 7.84. The van der Waals surface area contributed by atoms with E-state index in [4.69, 9.17) is 5.26 Å². The Bertz CT molecular complexity index is 691. The summed E-state index contributed by atoms with van der Waals surface area (Å²) in [5.41, 5.74) is 1.88. The molecule has 15 heavy (non-hydrogen) atoms. The molecule has 0 aliphatic rings. The normalized spacial score (nSPS) is 10.6. The van der Waals surface area contributed by atoms with Gasteiger partial charge in [-0.25, -0.2) is 0 Å². The minimum Gasteiger partial charge on any atom is -0.192 e. The molecule has 0 N–H and O–H groups in total. The zero-order valence-corrected chi connectivity index (χ0v) is 8.66.